The number of carbonyl (C=O) groups is 1. The average Bonchev–Trinajstić information content (AvgIpc) is 2.54. The van der Waals surface area contributed by atoms with Gasteiger partial charge in [0.2, 0.25) is 5.91 Å². The van der Waals surface area contributed by atoms with Gasteiger partial charge in [0.15, 0.2) is 0 Å². The van der Waals surface area contributed by atoms with E-state index in [-0.39, 0.29) is 28.9 Å². The van der Waals surface area contributed by atoms with Crippen molar-refractivity contribution in [3.63, 3.8) is 0 Å². The van der Waals surface area contributed by atoms with Crippen LogP contribution in [0.3, 0.4) is 0 Å². The molecule has 0 unspecified atom stereocenters. The first-order valence-corrected chi connectivity index (χ1v) is 5.24. The molecule has 1 amide bonds. The molecular weight excluding hydrogens is 212 g/mol. The van der Waals surface area contributed by atoms with Crippen molar-refractivity contribution in [2.45, 2.75) is 19.8 Å². The van der Waals surface area contributed by atoms with Gasteiger partial charge >= 0.3 is 0 Å². The van der Waals surface area contributed by atoms with Gasteiger partial charge in [-0.2, -0.15) is 0 Å². The summed E-state index contributed by atoms with van der Waals surface area (Å²) in [6.07, 6.45) is 0. The fourth-order valence-corrected chi connectivity index (χ4v) is 2.06. The summed E-state index contributed by atoms with van der Waals surface area (Å²) in [6.45, 7) is 3.62. The number of hydrogen-bond donors (Lipinski definition) is 1. The molecule has 2 atom stereocenters. The van der Waals surface area contributed by atoms with Crippen molar-refractivity contribution in [2.24, 2.45) is 5.92 Å². The lowest BCUT2D eigenvalue weighted by Crippen LogP contribution is -2.17. The van der Waals surface area contributed by atoms with Crippen LogP contribution in [-0.2, 0) is 4.79 Å². The normalized spacial score (nSPS) is 24.6. The van der Waals surface area contributed by atoms with Crippen molar-refractivity contribution in [3.8, 4) is 0 Å². The first-order chi connectivity index (χ1) is 7.50. The highest BCUT2D eigenvalue weighted by Crippen LogP contribution is 2.31. The Hall–Kier alpha value is -1.45. The molecule has 1 aromatic rings. The molecule has 1 fully saturated rings. The minimum Gasteiger partial charge on any atom is -0.355 e. The van der Waals surface area contributed by atoms with Gasteiger partial charge in [-0.3, -0.25) is 4.79 Å². The summed E-state index contributed by atoms with van der Waals surface area (Å²) < 4.78 is 27.0. The molecule has 0 aromatic heterocycles. The van der Waals surface area contributed by atoms with Crippen LogP contribution in [-0.4, -0.2) is 12.5 Å². The maximum Gasteiger partial charge on any atom is 0.223 e. The minimum atomic E-state index is -0.438. The van der Waals surface area contributed by atoms with E-state index < -0.39 is 11.6 Å². The second kappa shape index (κ2) is 3.85. The first-order valence-electron chi connectivity index (χ1n) is 5.24. The van der Waals surface area contributed by atoms with Crippen LogP contribution in [0.15, 0.2) is 12.1 Å². The molecule has 1 N–H and O–H groups in total. The minimum absolute atomic E-state index is 0.106. The van der Waals surface area contributed by atoms with E-state index in [1.807, 2.05) is 0 Å². The second-order valence-corrected chi connectivity index (χ2v) is 4.26. The molecule has 1 saturated heterocycles. The van der Waals surface area contributed by atoms with Gasteiger partial charge in [0, 0.05) is 18.4 Å². The number of carbonyl (C=O) groups excluding carboxylic acids is 1. The number of benzene rings is 1. The van der Waals surface area contributed by atoms with Crippen LogP contribution in [0.25, 0.3) is 0 Å². The van der Waals surface area contributed by atoms with Gasteiger partial charge in [0.25, 0.3) is 0 Å². The maximum atomic E-state index is 13.7. The number of nitrogens with one attached hydrogen (secondary N) is 1. The standard InChI is InChI=1S/C12H13F2NO/c1-6-3-11(14)8(4-10(6)13)9-5-15-12(16)7(9)2/h3-4,7,9H,5H2,1-2H3,(H,15,16)/t7-,9+/m0/s1. The molecule has 1 aromatic carbocycles. The van der Waals surface area contributed by atoms with Crippen molar-refractivity contribution in [1.82, 2.24) is 5.32 Å². The van der Waals surface area contributed by atoms with Crippen LogP contribution < -0.4 is 5.32 Å². The molecule has 0 saturated carbocycles. The van der Waals surface area contributed by atoms with Crippen LogP contribution in [0.2, 0.25) is 0 Å². The lowest BCUT2D eigenvalue weighted by atomic mass is 9.89. The molecule has 2 nitrogen and oxygen atoms in total. The van der Waals surface area contributed by atoms with E-state index in [4.69, 9.17) is 0 Å². The molecule has 16 heavy (non-hydrogen) atoms. The Bertz CT molecular complexity index is 445. The van der Waals surface area contributed by atoms with E-state index in [0.717, 1.165) is 0 Å². The van der Waals surface area contributed by atoms with Crippen molar-refractivity contribution in [2.75, 3.05) is 6.54 Å². The zero-order chi connectivity index (χ0) is 11.9. The Labute approximate surface area is 92.7 Å². The molecule has 0 radical (unpaired) electrons. The van der Waals surface area contributed by atoms with Crippen molar-refractivity contribution < 1.29 is 13.6 Å². The van der Waals surface area contributed by atoms with Gasteiger partial charge in [0.1, 0.15) is 11.6 Å². The van der Waals surface area contributed by atoms with Crippen LogP contribution in [0, 0.1) is 24.5 Å². The highest BCUT2D eigenvalue weighted by molar-refractivity contribution is 5.82. The van der Waals surface area contributed by atoms with Crippen LogP contribution in [0.5, 0.6) is 0 Å². The molecule has 0 spiro atoms. The molecule has 0 aliphatic carbocycles. The molecular formula is C12H13F2NO. The van der Waals surface area contributed by atoms with E-state index >= 15 is 0 Å². The Morgan fingerprint density at radius 3 is 2.56 bits per heavy atom. The summed E-state index contributed by atoms with van der Waals surface area (Å²) >= 11 is 0. The van der Waals surface area contributed by atoms with E-state index in [9.17, 15) is 13.6 Å². The summed E-state index contributed by atoms with van der Waals surface area (Å²) in [4.78, 5) is 11.3. The van der Waals surface area contributed by atoms with Gasteiger partial charge in [-0.25, -0.2) is 8.78 Å². The molecule has 4 heteroatoms. The van der Waals surface area contributed by atoms with Gasteiger partial charge < -0.3 is 5.32 Å². The molecule has 86 valence electrons. The Morgan fingerprint density at radius 2 is 2.00 bits per heavy atom. The predicted octanol–water partition coefficient (Wildman–Crippen LogP) is 2.12. The summed E-state index contributed by atoms with van der Waals surface area (Å²) in [5.41, 5.74) is 0.570. The van der Waals surface area contributed by atoms with Gasteiger partial charge in [-0.15, -0.1) is 0 Å². The third kappa shape index (κ3) is 1.68. The van der Waals surface area contributed by atoms with E-state index in [0.29, 0.717) is 6.54 Å². The molecule has 0 bridgehead atoms. The lowest BCUT2D eigenvalue weighted by molar-refractivity contribution is -0.122. The van der Waals surface area contributed by atoms with Crippen molar-refractivity contribution in [3.05, 3.63) is 34.9 Å². The lowest BCUT2D eigenvalue weighted by Gasteiger charge is -2.14. The number of rotatable bonds is 1. The van der Waals surface area contributed by atoms with E-state index in [1.54, 1.807) is 6.92 Å². The second-order valence-electron chi connectivity index (χ2n) is 4.26. The quantitative estimate of drug-likeness (QED) is 0.779. The third-order valence-corrected chi connectivity index (χ3v) is 3.19. The molecule has 2 rings (SSSR count). The average molecular weight is 225 g/mol. The topological polar surface area (TPSA) is 29.1 Å². The third-order valence-electron chi connectivity index (χ3n) is 3.19. The highest BCUT2D eigenvalue weighted by atomic mass is 19.1. The Morgan fingerprint density at radius 1 is 1.31 bits per heavy atom. The van der Waals surface area contributed by atoms with Crippen LogP contribution in [0.4, 0.5) is 8.78 Å². The summed E-state index contributed by atoms with van der Waals surface area (Å²) in [7, 11) is 0. The highest BCUT2D eigenvalue weighted by Gasteiger charge is 2.33. The monoisotopic (exact) mass is 225 g/mol. The molecule has 1 aliphatic rings. The number of amides is 1. The fraction of sp³-hybridized carbons (Fsp3) is 0.417. The predicted molar refractivity (Wildman–Crippen MR) is 56.0 cm³/mol. The number of halogens is 2. The SMILES string of the molecule is Cc1cc(F)c([C@@H]2CNC(=O)[C@H]2C)cc1F. The molecule has 1 aliphatic heterocycles. The van der Waals surface area contributed by atoms with Gasteiger partial charge in [0.05, 0.1) is 0 Å². The van der Waals surface area contributed by atoms with Crippen molar-refractivity contribution in [1.29, 1.82) is 0 Å². The summed E-state index contributed by atoms with van der Waals surface area (Å²) in [6, 6.07) is 2.38. The summed E-state index contributed by atoms with van der Waals surface area (Å²) in [5, 5.41) is 2.65. The van der Waals surface area contributed by atoms with E-state index in [1.165, 1.54) is 19.1 Å². The van der Waals surface area contributed by atoms with Crippen LogP contribution >= 0.6 is 0 Å². The Kier molecular flexibility index (Phi) is 2.66. The molecule has 1 heterocycles. The smallest absolute Gasteiger partial charge is 0.223 e. The van der Waals surface area contributed by atoms with Crippen molar-refractivity contribution >= 4 is 5.91 Å². The van der Waals surface area contributed by atoms with E-state index in [2.05, 4.69) is 5.32 Å². The zero-order valence-corrected chi connectivity index (χ0v) is 9.18. The largest absolute Gasteiger partial charge is 0.355 e. The Balaban J connectivity index is 2.41. The van der Waals surface area contributed by atoms with Crippen LogP contribution in [0.1, 0.15) is 24.0 Å². The van der Waals surface area contributed by atoms with Gasteiger partial charge in [-0.1, -0.05) is 6.92 Å². The number of aryl methyl sites for hydroxylation is 1. The zero-order valence-electron chi connectivity index (χ0n) is 9.18. The fourth-order valence-electron chi connectivity index (χ4n) is 2.06. The maximum absolute atomic E-state index is 13.7. The summed E-state index contributed by atoms with van der Waals surface area (Å²) in [5.74, 6) is -1.56. The van der Waals surface area contributed by atoms with Gasteiger partial charge in [-0.05, 0) is 30.2 Å². The first kappa shape index (κ1) is 11.0. The number of hydrogen-bond acceptors (Lipinski definition) is 1.